The van der Waals surface area contributed by atoms with E-state index in [0.717, 1.165) is 37.6 Å². The Morgan fingerprint density at radius 1 is 1.16 bits per heavy atom. The van der Waals surface area contributed by atoms with Gasteiger partial charge in [-0.2, -0.15) is 0 Å². The van der Waals surface area contributed by atoms with E-state index in [0.29, 0.717) is 0 Å². The first-order valence-corrected chi connectivity index (χ1v) is 8.25. The number of hydrogen-bond donors (Lipinski definition) is 0. The van der Waals surface area contributed by atoms with E-state index in [-0.39, 0.29) is 17.6 Å². The van der Waals surface area contributed by atoms with Gasteiger partial charge in [-0.3, -0.25) is 4.90 Å². The molecule has 0 radical (unpaired) electrons. The van der Waals surface area contributed by atoms with Crippen molar-refractivity contribution in [3.63, 3.8) is 0 Å². The Hall–Kier alpha value is -2.54. The fraction of sp³-hybridized carbons (Fsp3) is 0.389. The number of halogens is 1. The van der Waals surface area contributed by atoms with E-state index in [1.165, 1.54) is 13.2 Å². The Morgan fingerprint density at radius 3 is 2.52 bits per heavy atom. The normalized spacial score (nSPS) is 16.5. The maximum atomic E-state index is 13.4. The Kier molecular flexibility index (Phi) is 5.23. The predicted octanol–water partition coefficient (Wildman–Crippen LogP) is 2.29. The van der Waals surface area contributed by atoms with Crippen molar-refractivity contribution < 1.29 is 13.9 Å². The molecule has 1 aliphatic heterocycles. The zero-order valence-electron chi connectivity index (χ0n) is 14.4. The van der Waals surface area contributed by atoms with Gasteiger partial charge in [0.1, 0.15) is 5.82 Å². The largest absolute Gasteiger partial charge is 0.464 e. The van der Waals surface area contributed by atoms with Crippen LogP contribution < -0.4 is 4.90 Å². The number of piperazine rings is 1. The first-order chi connectivity index (χ1) is 12.1. The summed E-state index contributed by atoms with van der Waals surface area (Å²) in [6.45, 7) is 5.38. The Balaban J connectivity index is 1.61. The number of methoxy groups -OCH3 is 1. The SMILES string of the molecule is COC(=O)c1ccc(N2CCN([C@H](C)c3cccc(F)c3)CC2)nn1. The lowest BCUT2D eigenvalue weighted by molar-refractivity contribution is 0.0592. The van der Waals surface area contributed by atoms with Gasteiger partial charge in [-0.25, -0.2) is 9.18 Å². The van der Waals surface area contributed by atoms with Crippen molar-refractivity contribution in [3.8, 4) is 0 Å². The van der Waals surface area contributed by atoms with Gasteiger partial charge in [0.15, 0.2) is 11.5 Å². The van der Waals surface area contributed by atoms with Crippen LogP contribution in [0.15, 0.2) is 36.4 Å². The molecule has 0 N–H and O–H groups in total. The summed E-state index contributed by atoms with van der Waals surface area (Å²) in [5.41, 5.74) is 1.18. The second-order valence-electron chi connectivity index (χ2n) is 6.02. The number of carbonyl (C=O) groups excluding carboxylic acids is 1. The van der Waals surface area contributed by atoms with Crippen LogP contribution in [0.2, 0.25) is 0 Å². The maximum Gasteiger partial charge on any atom is 0.358 e. The van der Waals surface area contributed by atoms with E-state index >= 15 is 0 Å². The van der Waals surface area contributed by atoms with Gasteiger partial charge in [-0.1, -0.05) is 12.1 Å². The molecule has 6 nitrogen and oxygen atoms in total. The fourth-order valence-corrected chi connectivity index (χ4v) is 3.02. The zero-order chi connectivity index (χ0) is 17.8. The number of ether oxygens (including phenoxy) is 1. The molecular formula is C18H21FN4O2. The molecule has 0 spiro atoms. The number of esters is 1. The molecule has 1 atom stereocenters. The van der Waals surface area contributed by atoms with E-state index in [1.807, 2.05) is 6.07 Å². The molecule has 132 valence electrons. The van der Waals surface area contributed by atoms with Crippen molar-refractivity contribution in [2.24, 2.45) is 0 Å². The van der Waals surface area contributed by atoms with Crippen LogP contribution in [0.25, 0.3) is 0 Å². The molecule has 0 bridgehead atoms. The van der Waals surface area contributed by atoms with Gasteiger partial charge in [0.2, 0.25) is 0 Å². The Morgan fingerprint density at radius 2 is 1.92 bits per heavy atom. The van der Waals surface area contributed by atoms with Crippen molar-refractivity contribution in [2.45, 2.75) is 13.0 Å². The van der Waals surface area contributed by atoms with Crippen LogP contribution in [-0.4, -0.2) is 54.4 Å². The molecule has 1 aromatic carbocycles. The van der Waals surface area contributed by atoms with Gasteiger partial charge in [0.25, 0.3) is 0 Å². The minimum atomic E-state index is -0.493. The van der Waals surface area contributed by atoms with E-state index in [4.69, 9.17) is 0 Å². The zero-order valence-corrected chi connectivity index (χ0v) is 14.4. The highest BCUT2D eigenvalue weighted by Crippen LogP contribution is 2.23. The lowest BCUT2D eigenvalue weighted by atomic mass is 10.1. The minimum Gasteiger partial charge on any atom is -0.464 e. The topological polar surface area (TPSA) is 58.6 Å². The Labute approximate surface area is 146 Å². The highest BCUT2D eigenvalue weighted by molar-refractivity contribution is 5.86. The number of nitrogens with zero attached hydrogens (tertiary/aromatic N) is 4. The molecule has 1 fully saturated rings. The van der Waals surface area contributed by atoms with Gasteiger partial charge in [0, 0.05) is 32.2 Å². The molecule has 1 aromatic heterocycles. The first-order valence-electron chi connectivity index (χ1n) is 8.25. The molecule has 0 amide bonds. The van der Waals surface area contributed by atoms with E-state index in [1.54, 1.807) is 24.3 Å². The molecule has 0 aliphatic carbocycles. The molecule has 25 heavy (non-hydrogen) atoms. The summed E-state index contributed by atoms with van der Waals surface area (Å²) in [5, 5.41) is 8.03. The van der Waals surface area contributed by atoms with Crippen LogP contribution >= 0.6 is 0 Å². The molecule has 3 rings (SSSR count). The molecule has 2 aromatic rings. The number of rotatable bonds is 4. The summed E-state index contributed by atoms with van der Waals surface area (Å²) in [4.78, 5) is 15.9. The van der Waals surface area contributed by atoms with Crippen LogP contribution in [0.1, 0.15) is 29.0 Å². The number of aromatic nitrogens is 2. The summed E-state index contributed by atoms with van der Waals surface area (Å²) in [7, 11) is 1.32. The fourth-order valence-electron chi connectivity index (χ4n) is 3.02. The number of carbonyl (C=O) groups is 1. The van der Waals surface area contributed by atoms with Crippen LogP contribution in [0, 0.1) is 5.82 Å². The second kappa shape index (κ2) is 7.57. The van der Waals surface area contributed by atoms with Crippen LogP contribution in [0.4, 0.5) is 10.2 Å². The molecule has 2 heterocycles. The lowest BCUT2D eigenvalue weighted by Gasteiger charge is -2.38. The molecule has 0 saturated carbocycles. The number of benzene rings is 1. The van der Waals surface area contributed by atoms with Gasteiger partial charge in [-0.05, 0) is 36.8 Å². The van der Waals surface area contributed by atoms with Crippen molar-refractivity contribution in [1.82, 2.24) is 15.1 Å². The third kappa shape index (κ3) is 3.93. The standard InChI is InChI=1S/C18H21FN4O2/c1-13(14-4-3-5-15(19)12-14)22-8-10-23(11-9-22)17-7-6-16(20-21-17)18(24)25-2/h3-7,12-13H,8-11H2,1-2H3/t13-/m1/s1. The van der Waals surface area contributed by atoms with Crippen molar-refractivity contribution in [3.05, 3.63) is 53.5 Å². The van der Waals surface area contributed by atoms with Gasteiger partial charge in [0.05, 0.1) is 7.11 Å². The first kappa shape index (κ1) is 17.3. The second-order valence-corrected chi connectivity index (χ2v) is 6.02. The highest BCUT2D eigenvalue weighted by atomic mass is 19.1. The monoisotopic (exact) mass is 344 g/mol. The highest BCUT2D eigenvalue weighted by Gasteiger charge is 2.23. The van der Waals surface area contributed by atoms with Crippen LogP contribution in [0.5, 0.6) is 0 Å². The number of hydrogen-bond acceptors (Lipinski definition) is 6. The average molecular weight is 344 g/mol. The van der Waals surface area contributed by atoms with Crippen molar-refractivity contribution >= 4 is 11.8 Å². The van der Waals surface area contributed by atoms with Crippen LogP contribution in [-0.2, 0) is 4.74 Å². The summed E-state index contributed by atoms with van der Waals surface area (Å²) in [6.07, 6.45) is 0. The number of anilines is 1. The summed E-state index contributed by atoms with van der Waals surface area (Å²) in [5.74, 6) is 0.0439. The van der Waals surface area contributed by atoms with Crippen molar-refractivity contribution in [1.29, 1.82) is 0 Å². The lowest BCUT2D eigenvalue weighted by Crippen LogP contribution is -2.47. The predicted molar refractivity (Wildman–Crippen MR) is 92.0 cm³/mol. The van der Waals surface area contributed by atoms with E-state index in [2.05, 4.69) is 31.7 Å². The summed E-state index contributed by atoms with van der Waals surface area (Å²) in [6, 6.07) is 10.3. The third-order valence-electron chi connectivity index (χ3n) is 4.56. The summed E-state index contributed by atoms with van der Waals surface area (Å²) >= 11 is 0. The average Bonchev–Trinajstić information content (AvgIpc) is 2.67. The summed E-state index contributed by atoms with van der Waals surface area (Å²) < 4.78 is 18.0. The molecule has 0 unspecified atom stereocenters. The third-order valence-corrected chi connectivity index (χ3v) is 4.56. The van der Waals surface area contributed by atoms with Gasteiger partial charge >= 0.3 is 5.97 Å². The van der Waals surface area contributed by atoms with Gasteiger partial charge < -0.3 is 9.64 Å². The minimum absolute atomic E-state index is 0.158. The Bertz CT molecular complexity index is 730. The molecule has 7 heteroatoms. The van der Waals surface area contributed by atoms with Gasteiger partial charge in [-0.15, -0.1) is 10.2 Å². The van der Waals surface area contributed by atoms with Crippen molar-refractivity contribution in [2.75, 3.05) is 38.2 Å². The molecule has 1 aliphatic rings. The quantitative estimate of drug-likeness (QED) is 0.793. The smallest absolute Gasteiger partial charge is 0.358 e. The molecule has 1 saturated heterocycles. The maximum absolute atomic E-state index is 13.4. The van der Waals surface area contributed by atoms with E-state index < -0.39 is 5.97 Å². The molecular weight excluding hydrogens is 323 g/mol. The van der Waals surface area contributed by atoms with E-state index in [9.17, 15) is 9.18 Å². The van der Waals surface area contributed by atoms with Crippen LogP contribution in [0.3, 0.4) is 0 Å².